The van der Waals surface area contributed by atoms with Gasteiger partial charge < -0.3 is 14.9 Å². The molecule has 0 aromatic carbocycles. The smallest absolute Gasteiger partial charge is 0.366 e. The summed E-state index contributed by atoms with van der Waals surface area (Å²) in [6.07, 6.45) is -4.07. The summed E-state index contributed by atoms with van der Waals surface area (Å²) < 4.78 is 20.9. The van der Waals surface area contributed by atoms with E-state index in [1.54, 1.807) is 0 Å². The van der Waals surface area contributed by atoms with E-state index in [4.69, 9.17) is 9.63 Å². The molecule has 1 saturated heterocycles. The maximum Gasteiger partial charge on any atom is 0.366 e. The predicted octanol–water partition coefficient (Wildman–Crippen LogP) is -2.18. The Morgan fingerprint density at radius 1 is 1.40 bits per heavy atom. The maximum absolute atomic E-state index is 11.6. The highest BCUT2D eigenvalue weighted by atomic mass is 31.1. The van der Waals surface area contributed by atoms with Crippen LogP contribution in [-0.4, -0.2) is 49.6 Å². The Labute approximate surface area is 112 Å². The standard InChI is InChI=1S/C9H12N2O8P/c12-5-1-2-11(9(15)10-5)8-7(14)6(13)4(19-8)3-18-20(16)17/h1-2,4,6-8,13-14H,3H2,(H,16,17)(H,10,12,15)/t4-,6-,7-,8-/m1/s1. The zero-order chi connectivity index (χ0) is 14.9. The molecule has 2 rings (SSSR count). The molecule has 1 fully saturated rings. The molecule has 111 valence electrons. The number of nitrogens with one attached hydrogen (secondary N) is 1. The van der Waals surface area contributed by atoms with Crippen LogP contribution in [0, 0.1) is 0 Å². The number of aromatic amines is 1. The molecule has 0 amide bonds. The van der Waals surface area contributed by atoms with Gasteiger partial charge in [0, 0.05) is 12.3 Å². The fourth-order valence-electron chi connectivity index (χ4n) is 1.86. The van der Waals surface area contributed by atoms with Crippen LogP contribution >= 0.6 is 8.25 Å². The number of nitrogens with zero attached hydrogens (tertiary/aromatic N) is 1. The van der Waals surface area contributed by atoms with Crippen molar-refractivity contribution in [2.24, 2.45) is 0 Å². The SMILES string of the molecule is O=c1ccn([C@@H]2O[C@H](CO[P](=O)O)[C@@H](O)[C@H]2O)c(=O)[nH]1. The molecule has 1 aliphatic rings. The third-order valence-electron chi connectivity index (χ3n) is 2.81. The molecule has 0 aliphatic carbocycles. The molecule has 1 radical (unpaired) electrons. The van der Waals surface area contributed by atoms with Crippen LogP contribution in [0.25, 0.3) is 0 Å². The third kappa shape index (κ3) is 3.01. The topological polar surface area (TPSA) is 151 Å². The van der Waals surface area contributed by atoms with Gasteiger partial charge >= 0.3 is 13.9 Å². The Hall–Kier alpha value is -1.42. The second-order valence-electron chi connectivity index (χ2n) is 4.10. The summed E-state index contributed by atoms with van der Waals surface area (Å²) in [5.41, 5.74) is -1.43. The lowest BCUT2D eigenvalue weighted by molar-refractivity contribution is -0.0517. The van der Waals surface area contributed by atoms with E-state index in [1.165, 1.54) is 0 Å². The monoisotopic (exact) mass is 307 g/mol. The average molecular weight is 307 g/mol. The Morgan fingerprint density at radius 3 is 2.70 bits per heavy atom. The van der Waals surface area contributed by atoms with Gasteiger partial charge in [-0.25, -0.2) is 9.36 Å². The van der Waals surface area contributed by atoms with Crippen LogP contribution in [0.3, 0.4) is 0 Å². The van der Waals surface area contributed by atoms with E-state index in [-0.39, 0.29) is 0 Å². The van der Waals surface area contributed by atoms with Crippen molar-refractivity contribution in [1.29, 1.82) is 0 Å². The van der Waals surface area contributed by atoms with Gasteiger partial charge in [0.05, 0.1) is 6.61 Å². The van der Waals surface area contributed by atoms with Crippen LogP contribution in [-0.2, 0) is 13.8 Å². The van der Waals surface area contributed by atoms with Crippen molar-refractivity contribution >= 4 is 8.25 Å². The molecule has 11 heteroatoms. The number of ether oxygens (including phenoxy) is 1. The van der Waals surface area contributed by atoms with Crippen molar-refractivity contribution in [2.45, 2.75) is 24.5 Å². The van der Waals surface area contributed by atoms with E-state index in [9.17, 15) is 24.4 Å². The molecule has 1 unspecified atom stereocenters. The molecule has 0 spiro atoms. The van der Waals surface area contributed by atoms with Crippen molar-refractivity contribution in [3.8, 4) is 0 Å². The summed E-state index contributed by atoms with van der Waals surface area (Å²) in [5.74, 6) is 0. The first-order valence-electron chi connectivity index (χ1n) is 5.52. The number of aliphatic hydroxyl groups is 2. The van der Waals surface area contributed by atoms with Gasteiger partial charge in [-0.3, -0.25) is 23.8 Å². The first kappa shape index (κ1) is 15.0. The zero-order valence-electron chi connectivity index (χ0n) is 9.95. The lowest BCUT2D eigenvalue weighted by atomic mass is 10.1. The largest absolute Gasteiger partial charge is 0.387 e. The summed E-state index contributed by atoms with van der Waals surface area (Å²) in [6.45, 7) is -0.432. The lowest BCUT2D eigenvalue weighted by Gasteiger charge is -2.16. The number of aliphatic hydroxyl groups excluding tert-OH is 2. The predicted molar refractivity (Wildman–Crippen MR) is 63.0 cm³/mol. The van der Waals surface area contributed by atoms with Crippen LogP contribution in [0.5, 0.6) is 0 Å². The molecule has 0 saturated carbocycles. The number of hydrogen-bond donors (Lipinski definition) is 4. The Morgan fingerprint density at radius 2 is 2.10 bits per heavy atom. The fourth-order valence-corrected chi connectivity index (χ4v) is 2.14. The first-order chi connectivity index (χ1) is 9.40. The molecule has 1 aromatic rings. The number of aromatic nitrogens is 2. The van der Waals surface area contributed by atoms with E-state index in [0.717, 1.165) is 16.8 Å². The van der Waals surface area contributed by atoms with Crippen molar-refractivity contribution in [3.05, 3.63) is 33.1 Å². The van der Waals surface area contributed by atoms with Gasteiger partial charge in [0.2, 0.25) is 0 Å². The normalized spacial score (nSPS) is 30.4. The summed E-state index contributed by atoms with van der Waals surface area (Å²) in [5, 5.41) is 19.6. The van der Waals surface area contributed by atoms with E-state index >= 15 is 0 Å². The molecule has 2 heterocycles. The number of hydrogen-bond acceptors (Lipinski definition) is 7. The fraction of sp³-hybridized carbons (Fsp3) is 0.556. The van der Waals surface area contributed by atoms with Gasteiger partial charge in [0.25, 0.3) is 5.56 Å². The molecule has 5 atom stereocenters. The van der Waals surface area contributed by atoms with Crippen LogP contribution in [0.4, 0.5) is 0 Å². The van der Waals surface area contributed by atoms with Crippen LogP contribution < -0.4 is 11.2 Å². The van der Waals surface area contributed by atoms with E-state index < -0.39 is 50.7 Å². The lowest BCUT2D eigenvalue weighted by Crippen LogP contribution is -2.37. The van der Waals surface area contributed by atoms with Crippen LogP contribution in [0.1, 0.15) is 6.23 Å². The van der Waals surface area contributed by atoms with E-state index in [0.29, 0.717) is 0 Å². The molecule has 20 heavy (non-hydrogen) atoms. The van der Waals surface area contributed by atoms with Gasteiger partial charge in [-0.15, -0.1) is 0 Å². The molecular formula is C9H12N2O8P. The second-order valence-corrected chi connectivity index (χ2v) is 4.83. The first-order valence-corrected chi connectivity index (χ1v) is 6.65. The third-order valence-corrected chi connectivity index (χ3v) is 3.18. The Balaban J connectivity index is 2.19. The maximum atomic E-state index is 11.6. The molecule has 1 aromatic heterocycles. The highest BCUT2D eigenvalue weighted by molar-refractivity contribution is 7.32. The summed E-state index contributed by atoms with van der Waals surface area (Å²) in [4.78, 5) is 33.0. The highest BCUT2D eigenvalue weighted by Gasteiger charge is 2.44. The molecular weight excluding hydrogens is 295 g/mol. The highest BCUT2D eigenvalue weighted by Crippen LogP contribution is 2.29. The zero-order valence-corrected chi connectivity index (χ0v) is 10.8. The number of H-pyrrole nitrogens is 1. The minimum Gasteiger partial charge on any atom is -0.387 e. The minimum absolute atomic E-state index is 0.432. The Kier molecular flexibility index (Phi) is 4.43. The summed E-state index contributed by atoms with van der Waals surface area (Å²) >= 11 is 0. The molecule has 0 bridgehead atoms. The van der Waals surface area contributed by atoms with Gasteiger partial charge in [0.1, 0.15) is 18.3 Å². The minimum atomic E-state index is -2.87. The van der Waals surface area contributed by atoms with Crippen LogP contribution in [0.15, 0.2) is 21.9 Å². The van der Waals surface area contributed by atoms with Gasteiger partial charge in [0.15, 0.2) is 6.23 Å². The van der Waals surface area contributed by atoms with Crippen molar-refractivity contribution in [3.63, 3.8) is 0 Å². The van der Waals surface area contributed by atoms with Crippen molar-refractivity contribution in [2.75, 3.05) is 6.61 Å². The van der Waals surface area contributed by atoms with Gasteiger partial charge in [-0.1, -0.05) is 0 Å². The van der Waals surface area contributed by atoms with Crippen molar-refractivity contribution < 1.29 is 28.9 Å². The average Bonchev–Trinajstić information content (AvgIpc) is 2.64. The molecule has 4 N–H and O–H groups in total. The summed E-state index contributed by atoms with van der Waals surface area (Å²) in [7, 11) is -2.87. The van der Waals surface area contributed by atoms with E-state index in [1.807, 2.05) is 4.98 Å². The Bertz CT molecular complexity index is 612. The molecule has 10 nitrogen and oxygen atoms in total. The second kappa shape index (κ2) is 5.92. The van der Waals surface area contributed by atoms with Gasteiger partial charge in [-0.2, -0.15) is 0 Å². The van der Waals surface area contributed by atoms with Gasteiger partial charge in [-0.05, 0) is 0 Å². The van der Waals surface area contributed by atoms with E-state index in [2.05, 4.69) is 4.52 Å². The van der Waals surface area contributed by atoms with Crippen molar-refractivity contribution in [1.82, 2.24) is 9.55 Å². The number of rotatable bonds is 4. The summed E-state index contributed by atoms with van der Waals surface area (Å²) in [6, 6.07) is 1.05. The van der Waals surface area contributed by atoms with Crippen LogP contribution in [0.2, 0.25) is 0 Å². The molecule has 1 aliphatic heterocycles. The quantitative estimate of drug-likeness (QED) is 0.458.